The fraction of sp³-hybridized carbons (Fsp3) is 0.211. The molecule has 1 radical (unpaired) electrons. The SMILES string of the molecule is O=c1ccc2c([C@@H](O)CNCCc3cc[c]cc3)ccc(O)c2[nH]1. The van der Waals surface area contributed by atoms with Gasteiger partial charge in [0.15, 0.2) is 0 Å². The van der Waals surface area contributed by atoms with E-state index in [0.29, 0.717) is 23.0 Å². The minimum atomic E-state index is -0.733. The van der Waals surface area contributed by atoms with Gasteiger partial charge in [-0.05, 0) is 42.3 Å². The fourth-order valence-electron chi connectivity index (χ4n) is 2.72. The quantitative estimate of drug-likeness (QED) is 0.522. The number of nitrogens with one attached hydrogen (secondary N) is 2. The van der Waals surface area contributed by atoms with E-state index in [1.165, 1.54) is 17.7 Å². The van der Waals surface area contributed by atoms with Crippen LogP contribution in [0, 0.1) is 6.07 Å². The standard InChI is InChI=1S/C19H19N2O3/c22-16-8-6-14(15-7-9-18(24)21-19(15)16)17(23)12-20-11-10-13-4-2-1-3-5-13/h2-9,17,20,22-23H,10-12H2,(H,21,24)/t17-/m0/s1. The normalized spacial score (nSPS) is 12.4. The van der Waals surface area contributed by atoms with E-state index in [-0.39, 0.29) is 11.3 Å². The van der Waals surface area contributed by atoms with E-state index >= 15 is 0 Å². The number of pyridine rings is 1. The van der Waals surface area contributed by atoms with Gasteiger partial charge in [0, 0.05) is 18.0 Å². The Morgan fingerprint density at radius 3 is 2.71 bits per heavy atom. The highest BCUT2D eigenvalue weighted by molar-refractivity contribution is 5.87. The third-order valence-electron chi connectivity index (χ3n) is 3.98. The van der Waals surface area contributed by atoms with Crippen molar-refractivity contribution in [1.29, 1.82) is 0 Å². The number of aromatic hydroxyl groups is 1. The number of phenolic OH excluding ortho intramolecular Hbond substituents is 1. The number of aromatic amines is 1. The number of hydrogen-bond donors (Lipinski definition) is 4. The van der Waals surface area contributed by atoms with E-state index in [0.717, 1.165) is 13.0 Å². The maximum Gasteiger partial charge on any atom is 0.248 e. The third kappa shape index (κ3) is 3.64. The summed E-state index contributed by atoms with van der Waals surface area (Å²) in [6.07, 6.45) is 0.133. The Hall–Kier alpha value is -2.63. The molecule has 0 aliphatic rings. The lowest BCUT2D eigenvalue weighted by Crippen LogP contribution is -2.24. The molecule has 0 bridgehead atoms. The third-order valence-corrected chi connectivity index (χ3v) is 3.98. The van der Waals surface area contributed by atoms with Gasteiger partial charge in [0.1, 0.15) is 5.75 Å². The lowest BCUT2D eigenvalue weighted by Gasteiger charge is -2.15. The van der Waals surface area contributed by atoms with Gasteiger partial charge in [-0.1, -0.05) is 30.3 Å². The van der Waals surface area contributed by atoms with Crippen LogP contribution in [0.25, 0.3) is 10.9 Å². The number of fused-ring (bicyclic) bond motifs is 1. The first-order valence-electron chi connectivity index (χ1n) is 7.84. The molecule has 0 amide bonds. The van der Waals surface area contributed by atoms with Crippen LogP contribution in [0.1, 0.15) is 17.2 Å². The van der Waals surface area contributed by atoms with E-state index in [2.05, 4.69) is 16.4 Å². The first-order valence-corrected chi connectivity index (χ1v) is 7.84. The number of H-pyrrole nitrogens is 1. The van der Waals surface area contributed by atoms with Crippen molar-refractivity contribution in [1.82, 2.24) is 10.3 Å². The van der Waals surface area contributed by atoms with Gasteiger partial charge in [0.2, 0.25) is 5.56 Å². The van der Waals surface area contributed by atoms with Crippen LogP contribution < -0.4 is 10.9 Å². The van der Waals surface area contributed by atoms with Crippen molar-refractivity contribution < 1.29 is 10.2 Å². The van der Waals surface area contributed by atoms with Gasteiger partial charge in [-0.25, -0.2) is 0 Å². The fourth-order valence-corrected chi connectivity index (χ4v) is 2.72. The summed E-state index contributed by atoms with van der Waals surface area (Å²) in [7, 11) is 0. The molecule has 0 unspecified atom stereocenters. The van der Waals surface area contributed by atoms with Gasteiger partial charge in [-0.2, -0.15) is 0 Å². The minimum absolute atomic E-state index is 0.00695. The van der Waals surface area contributed by atoms with E-state index < -0.39 is 6.10 Å². The molecule has 1 heterocycles. The van der Waals surface area contributed by atoms with E-state index in [1.807, 2.05) is 24.3 Å². The molecule has 1 aromatic heterocycles. The van der Waals surface area contributed by atoms with Crippen LogP contribution in [0.4, 0.5) is 0 Å². The molecule has 0 saturated heterocycles. The second-order valence-corrected chi connectivity index (χ2v) is 5.66. The van der Waals surface area contributed by atoms with E-state index in [4.69, 9.17) is 0 Å². The number of aliphatic hydroxyl groups excluding tert-OH is 1. The Balaban J connectivity index is 1.67. The van der Waals surface area contributed by atoms with Crippen molar-refractivity contribution in [2.45, 2.75) is 12.5 Å². The molecule has 0 fully saturated rings. The van der Waals surface area contributed by atoms with Crippen LogP contribution in [-0.4, -0.2) is 28.3 Å². The second-order valence-electron chi connectivity index (χ2n) is 5.66. The zero-order valence-electron chi connectivity index (χ0n) is 13.1. The number of hydrogen-bond acceptors (Lipinski definition) is 4. The molecule has 3 rings (SSSR count). The largest absolute Gasteiger partial charge is 0.506 e. The van der Waals surface area contributed by atoms with Crippen LogP contribution in [0.15, 0.2) is 53.3 Å². The van der Waals surface area contributed by atoms with Crippen molar-refractivity contribution in [2.24, 2.45) is 0 Å². The van der Waals surface area contributed by atoms with Crippen LogP contribution in [0.5, 0.6) is 5.75 Å². The molecule has 5 nitrogen and oxygen atoms in total. The molecular weight excluding hydrogens is 304 g/mol. The summed E-state index contributed by atoms with van der Waals surface area (Å²) < 4.78 is 0. The number of phenols is 1. The smallest absolute Gasteiger partial charge is 0.248 e. The van der Waals surface area contributed by atoms with Crippen LogP contribution in [0.3, 0.4) is 0 Å². The summed E-state index contributed by atoms with van der Waals surface area (Å²) in [6.45, 7) is 1.13. The van der Waals surface area contributed by atoms with Gasteiger partial charge in [-0.3, -0.25) is 4.79 Å². The van der Waals surface area contributed by atoms with Crippen molar-refractivity contribution in [3.05, 3.63) is 76.1 Å². The predicted octanol–water partition coefficient (Wildman–Crippen LogP) is 1.90. The van der Waals surface area contributed by atoms with Crippen molar-refractivity contribution >= 4 is 10.9 Å². The van der Waals surface area contributed by atoms with E-state index in [1.54, 1.807) is 12.1 Å². The monoisotopic (exact) mass is 323 g/mol. The highest BCUT2D eigenvalue weighted by Crippen LogP contribution is 2.28. The number of benzene rings is 2. The summed E-state index contributed by atoms with van der Waals surface area (Å²) >= 11 is 0. The molecule has 123 valence electrons. The number of aliphatic hydroxyl groups is 1. The molecule has 1 atom stereocenters. The second kappa shape index (κ2) is 7.29. The highest BCUT2D eigenvalue weighted by atomic mass is 16.3. The zero-order chi connectivity index (χ0) is 16.9. The molecule has 3 aromatic rings. The van der Waals surface area contributed by atoms with Crippen LogP contribution in [0.2, 0.25) is 0 Å². The zero-order valence-corrected chi connectivity index (χ0v) is 13.1. The Morgan fingerprint density at radius 2 is 1.92 bits per heavy atom. The van der Waals surface area contributed by atoms with Gasteiger partial charge in [0.05, 0.1) is 11.6 Å². The van der Waals surface area contributed by atoms with Crippen molar-refractivity contribution in [3.63, 3.8) is 0 Å². The van der Waals surface area contributed by atoms with Gasteiger partial charge in [0.25, 0.3) is 0 Å². The number of aromatic nitrogens is 1. The summed E-state index contributed by atoms with van der Waals surface area (Å²) in [6, 6.07) is 16.9. The van der Waals surface area contributed by atoms with E-state index in [9.17, 15) is 15.0 Å². The molecule has 24 heavy (non-hydrogen) atoms. The summed E-state index contributed by atoms with van der Waals surface area (Å²) in [5.74, 6) is -0.00695. The predicted molar refractivity (Wildman–Crippen MR) is 93.0 cm³/mol. The molecule has 0 aliphatic carbocycles. The molecule has 0 saturated carbocycles. The van der Waals surface area contributed by atoms with Gasteiger partial charge < -0.3 is 20.5 Å². The van der Waals surface area contributed by atoms with Crippen molar-refractivity contribution in [3.8, 4) is 5.75 Å². The molecular formula is C19H19N2O3. The Morgan fingerprint density at radius 1 is 1.12 bits per heavy atom. The van der Waals surface area contributed by atoms with Crippen LogP contribution in [-0.2, 0) is 6.42 Å². The Labute approximate surface area is 139 Å². The average Bonchev–Trinajstić information content (AvgIpc) is 2.60. The highest BCUT2D eigenvalue weighted by Gasteiger charge is 2.13. The first kappa shape index (κ1) is 16.2. The maximum atomic E-state index is 11.4. The molecule has 0 spiro atoms. The Bertz CT molecular complexity index is 875. The lowest BCUT2D eigenvalue weighted by molar-refractivity contribution is 0.176. The first-order chi connectivity index (χ1) is 11.6. The van der Waals surface area contributed by atoms with Gasteiger partial charge in [-0.15, -0.1) is 0 Å². The van der Waals surface area contributed by atoms with Gasteiger partial charge >= 0.3 is 0 Å². The lowest BCUT2D eigenvalue weighted by atomic mass is 10.0. The molecule has 4 N–H and O–H groups in total. The molecule has 5 heteroatoms. The molecule has 0 aliphatic heterocycles. The average molecular weight is 323 g/mol. The summed E-state index contributed by atoms with van der Waals surface area (Å²) in [4.78, 5) is 14.0. The Kier molecular flexibility index (Phi) is 4.93. The van der Waals surface area contributed by atoms with Crippen LogP contribution >= 0.6 is 0 Å². The van der Waals surface area contributed by atoms with Crippen molar-refractivity contribution in [2.75, 3.05) is 13.1 Å². The maximum absolute atomic E-state index is 11.4. The molecule has 2 aromatic carbocycles. The topological polar surface area (TPSA) is 85.3 Å². The number of rotatable bonds is 6. The minimum Gasteiger partial charge on any atom is -0.506 e. The summed E-state index contributed by atoms with van der Waals surface area (Å²) in [5, 5.41) is 24.2. The summed E-state index contributed by atoms with van der Waals surface area (Å²) in [5.41, 5.74) is 1.94.